The molecule has 2 heterocycles. The van der Waals surface area contributed by atoms with E-state index in [4.69, 9.17) is 4.74 Å². The predicted molar refractivity (Wildman–Crippen MR) is 108 cm³/mol. The fourth-order valence-corrected chi connectivity index (χ4v) is 3.41. The minimum absolute atomic E-state index is 0.0190. The van der Waals surface area contributed by atoms with E-state index in [1.54, 1.807) is 42.5 Å². The van der Waals surface area contributed by atoms with Crippen LogP contribution in [0.2, 0.25) is 0 Å². The molecule has 0 spiro atoms. The number of aromatic nitrogens is 2. The zero-order chi connectivity index (χ0) is 20.2. The molecule has 5 nitrogen and oxygen atoms in total. The lowest BCUT2D eigenvalue weighted by atomic mass is 9.98. The molecule has 1 aliphatic heterocycles. The second-order valence-corrected chi connectivity index (χ2v) is 7.36. The van der Waals surface area contributed by atoms with E-state index >= 15 is 0 Å². The summed E-state index contributed by atoms with van der Waals surface area (Å²) >= 11 is 0. The molecule has 2 aromatic carbocycles. The standard InChI is InChI=1S/C23H22FN3O2/c1-16-8-10-27(11-9-16)23(28)18-5-3-7-20(13-18)29-22-14-21(25-15-26-22)17-4-2-6-19(24)12-17/h2-7,12-16H,8-11H2,1H3. The summed E-state index contributed by atoms with van der Waals surface area (Å²) < 4.78 is 19.3. The van der Waals surface area contributed by atoms with Crippen LogP contribution in [0.25, 0.3) is 11.3 Å². The average molecular weight is 391 g/mol. The molecule has 1 amide bonds. The topological polar surface area (TPSA) is 55.3 Å². The predicted octanol–water partition coefficient (Wildman–Crippen LogP) is 4.95. The first kappa shape index (κ1) is 19.1. The van der Waals surface area contributed by atoms with Gasteiger partial charge < -0.3 is 9.64 Å². The zero-order valence-corrected chi connectivity index (χ0v) is 16.2. The number of rotatable bonds is 4. The van der Waals surface area contributed by atoms with E-state index in [1.165, 1.54) is 18.5 Å². The van der Waals surface area contributed by atoms with Crippen LogP contribution in [0.3, 0.4) is 0 Å². The van der Waals surface area contributed by atoms with Gasteiger partial charge in [-0.3, -0.25) is 4.79 Å². The number of likely N-dealkylation sites (tertiary alicyclic amines) is 1. The highest BCUT2D eigenvalue weighted by Gasteiger charge is 2.21. The maximum Gasteiger partial charge on any atom is 0.253 e. The molecular weight excluding hydrogens is 369 g/mol. The van der Waals surface area contributed by atoms with Gasteiger partial charge in [0.25, 0.3) is 5.91 Å². The van der Waals surface area contributed by atoms with Crippen molar-refractivity contribution in [3.8, 4) is 22.9 Å². The number of benzene rings is 2. The van der Waals surface area contributed by atoms with Crippen LogP contribution < -0.4 is 4.74 Å². The van der Waals surface area contributed by atoms with Crippen molar-refractivity contribution in [1.82, 2.24) is 14.9 Å². The Labute approximate surface area is 169 Å². The SMILES string of the molecule is CC1CCN(C(=O)c2cccc(Oc3cc(-c4cccc(F)c4)ncn3)c2)CC1. The molecule has 0 bridgehead atoms. The minimum Gasteiger partial charge on any atom is -0.439 e. The molecule has 6 heteroatoms. The Hall–Kier alpha value is -3.28. The second kappa shape index (κ2) is 8.39. The molecule has 1 fully saturated rings. The van der Waals surface area contributed by atoms with E-state index in [-0.39, 0.29) is 11.7 Å². The molecule has 0 unspecified atom stereocenters. The Kier molecular flexibility index (Phi) is 5.51. The van der Waals surface area contributed by atoms with E-state index in [0.29, 0.717) is 34.4 Å². The summed E-state index contributed by atoms with van der Waals surface area (Å²) in [6.45, 7) is 3.79. The summed E-state index contributed by atoms with van der Waals surface area (Å²) in [5.74, 6) is 1.20. The highest BCUT2D eigenvalue weighted by atomic mass is 19.1. The van der Waals surface area contributed by atoms with Gasteiger partial charge in [0.2, 0.25) is 5.88 Å². The van der Waals surface area contributed by atoms with Crippen LogP contribution in [-0.4, -0.2) is 33.9 Å². The maximum atomic E-state index is 13.5. The smallest absolute Gasteiger partial charge is 0.253 e. The van der Waals surface area contributed by atoms with Crippen LogP contribution >= 0.6 is 0 Å². The number of hydrogen-bond acceptors (Lipinski definition) is 4. The number of carbonyl (C=O) groups is 1. The third kappa shape index (κ3) is 4.59. The first-order valence-electron chi connectivity index (χ1n) is 9.73. The molecule has 0 aliphatic carbocycles. The van der Waals surface area contributed by atoms with Crippen molar-refractivity contribution < 1.29 is 13.9 Å². The van der Waals surface area contributed by atoms with Gasteiger partial charge in [0, 0.05) is 30.3 Å². The normalized spacial score (nSPS) is 14.6. The Morgan fingerprint density at radius 3 is 2.66 bits per heavy atom. The Morgan fingerprint density at radius 2 is 1.86 bits per heavy atom. The van der Waals surface area contributed by atoms with Crippen molar-refractivity contribution in [2.75, 3.05) is 13.1 Å². The van der Waals surface area contributed by atoms with Crippen molar-refractivity contribution >= 4 is 5.91 Å². The molecule has 1 aliphatic rings. The maximum absolute atomic E-state index is 13.5. The van der Waals surface area contributed by atoms with E-state index < -0.39 is 0 Å². The lowest BCUT2D eigenvalue weighted by Gasteiger charge is -2.30. The van der Waals surface area contributed by atoms with E-state index in [2.05, 4.69) is 16.9 Å². The average Bonchev–Trinajstić information content (AvgIpc) is 2.74. The number of carbonyl (C=O) groups excluding carboxylic acids is 1. The van der Waals surface area contributed by atoms with Crippen LogP contribution in [0.15, 0.2) is 60.9 Å². The summed E-state index contributed by atoms with van der Waals surface area (Å²) in [7, 11) is 0. The summed E-state index contributed by atoms with van der Waals surface area (Å²) in [4.78, 5) is 23.0. The van der Waals surface area contributed by atoms with Crippen molar-refractivity contribution in [3.63, 3.8) is 0 Å². The van der Waals surface area contributed by atoms with Gasteiger partial charge in [0.1, 0.15) is 17.9 Å². The van der Waals surface area contributed by atoms with Crippen molar-refractivity contribution in [3.05, 3.63) is 72.3 Å². The fourth-order valence-electron chi connectivity index (χ4n) is 3.41. The van der Waals surface area contributed by atoms with Gasteiger partial charge >= 0.3 is 0 Å². The lowest BCUT2D eigenvalue weighted by molar-refractivity contribution is 0.0697. The van der Waals surface area contributed by atoms with Gasteiger partial charge in [-0.05, 0) is 49.1 Å². The van der Waals surface area contributed by atoms with Gasteiger partial charge in [0.05, 0.1) is 5.69 Å². The third-order valence-corrected chi connectivity index (χ3v) is 5.14. The highest BCUT2D eigenvalue weighted by Crippen LogP contribution is 2.26. The molecule has 0 N–H and O–H groups in total. The Bertz CT molecular complexity index is 1020. The molecule has 0 atom stereocenters. The number of nitrogens with zero attached hydrogens (tertiary/aromatic N) is 3. The molecule has 29 heavy (non-hydrogen) atoms. The van der Waals surface area contributed by atoms with Crippen molar-refractivity contribution in [1.29, 1.82) is 0 Å². The number of halogens is 1. The Balaban J connectivity index is 1.51. The van der Waals surface area contributed by atoms with Crippen molar-refractivity contribution in [2.24, 2.45) is 5.92 Å². The molecule has 148 valence electrons. The highest BCUT2D eigenvalue weighted by molar-refractivity contribution is 5.94. The molecule has 4 rings (SSSR count). The number of amides is 1. The zero-order valence-electron chi connectivity index (χ0n) is 16.2. The van der Waals surface area contributed by atoms with E-state index in [0.717, 1.165) is 25.9 Å². The quantitative estimate of drug-likeness (QED) is 0.632. The summed E-state index contributed by atoms with van der Waals surface area (Å²) in [5.41, 5.74) is 1.79. The summed E-state index contributed by atoms with van der Waals surface area (Å²) in [6.07, 6.45) is 3.44. The van der Waals surface area contributed by atoms with Crippen LogP contribution in [0.5, 0.6) is 11.6 Å². The van der Waals surface area contributed by atoms with Gasteiger partial charge in [-0.1, -0.05) is 25.1 Å². The minimum atomic E-state index is -0.332. The first-order valence-corrected chi connectivity index (χ1v) is 9.73. The van der Waals surface area contributed by atoms with Crippen molar-refractivity contribution in [2.45, 2.75) is 19.8 Å². The van der Waals surface area contributed by atoms with Gasteiger partial charge in [-0.15, -0.1) is 0 Å². The second-order valence-electron chi connectivity index (χ2n) is 7.36. The van der Waals surface area contributed by atoms with Crippen LogP contribution in [0.4, 0.5) is 4.39 Å². The molecule has 3 aromatic rings. The number of hydrogen-bond donors (Lipinski definition) is 0. The molecule has 0 radical (unpaired) electrons. The number of ether oxygens (including phenoxy) is 1. The number of piperidine rings is 1. The molecular formula is C23H22FN3O2. The van der Waals surface area contributed by atoms with Crippen LogP contribution in [0.1, 0.15) is 30.1 Å². The largest absolute Gasteiger partial charge is 0.439 e. The molecule has 1 aromatic heterocycles. The van der Waals surface area contributed by atoms with E-state index in [1.807, 2.05) is 4.90 Å². The molecule has 0 saturated carbocycles. The molecule has 1 saturated heterocycles. The van der Waals surface area contributed by atoms with E-state index in [9.17, 15) is 9.18 Å². The lowest BCUT2D eigenvalue weighted by Crippen LogP contribution is -2.37. The van der Waals surface area contributed by atoms with Crippen LogP contribution in [0, 0.1) is 11.7 Å². The first-order chi connectivity index (χ1) is 14.1. The Morgan fingerprint density at radius 1 is 1.07 bits per heavy atom. The van der Waals surface area contributed by atoms with Gasteiger partial charge in [0.15, 0.2) is 0 Å². The summed E-state index contributed by atoms with van der Waals surface area (Å²) in [5, 5.41) is 0. The monoisotopic (exact) mass is 391 g/mol. The van der Waals surface area contributed by atoms with Gasteiger partial charge in [-0.25, -0.2) is 14.4 Å². The van der Waals surface area contributed by atoms with Gasteiger partial charge in [-0.2, -0.15) is 0 Å². The summed E-state index contributed by atoms with van der Waals surface area (Å²) in [6, 6.07) is 14.9. The fraction of sp³-hybridized carbons (Fsp3) is 0.261. The third-order valence-electron chi connectivity index (χ3n) is 5.14. The van der Waals surface area contributed by atoms with Crippen LogP contribution in [-0.2, 0) is 0 Å².